The Kier molecular flexibility index (Phi) is 4.62. The van der Waals surface area contributed by atoms with Crippen molar-refractivity contribution in [3.8, 4) is 0 Å². The molecule has 20 heavy (non-hydrogen) atoms. The van der Waals surface area contributed by atoms with Gasteiger partial charge < -0.3 is 14.8 Å². The highest BCUT2D eigenvalue weighted by Gasteiger charge is 2.34. The molecule has 8 heteroatoms. The van der Waals surface area contributed by atoms with E-state index in [1.54, 1.807) is 20.8 Å². The molecule has 0 atom stereocenters. The van der Waals surface area contributed by atoms with Crippen molar-refractivity contribution in [1.29, 1.82) is 0 Å². The van der Waals surface area contributed by atoms with E-state index in [1.807, 2.05) is 0 Å². The number of likely N-dealkylation sites (N-methyl/N-ethyl adjacent to an activating group) is 1. The van der Waals surface area contributed by atoms with Crippen molar-refractivity contribution in [2.75, 3.05) is 13.7 Å². The molecule has 0 bridgehead atoms. The fourth-order valence-electron chi connectivity index (χ4n) is 1.65. The van der Waals surface area contributed by atoms with Crippen molar-refractivity contribution in [2.24, 2.45) is 0 Å². The summed E-state index contributed by atoms with van der Waals surface area (Å²) in [5.74, 6) is -1.18. The third-order valence-electron chi connectivity index (χ3n) is 3.33. The van der Waals surface area contributed by atoms with Crippen molar-refractivity contribution in [1.82, 2.24) is 8.87 Å². The molecule has 2 N–H and O–H groups in total. The van der Waals surface area contributed by atoms with Crippen LogP contribution in [0, 0.1) is 0 Å². The number of nitrogens with zero attached hydrogens (tertiary/aromatic N) is 2. The summed E-state index contributed by atoms with van der Waals surface area (Å²) >= 11 is 0. The number of rotatable bonds is 6. The molecule has 1 heterocycles. The fraction of sp³-hybridized carbons (Fsp3) is 0.583. The third kappa shape index (κ3) is 2.87. The second-order valence-electron chi connectivity index (χ2n) is 5.10. The van der Waals surface area contributed by atoms with Gasteiger partial charge in [0.25, 0.3) is 0 Å². The number of hydrogen-bond donors (Lipinski definition) is 2. The van der Waals surface area contributed by atoms with Crippen LogP contribution in [0.4, 0.5) is 0 Å². The molecule has 0 fully saturated rings. The van der Waals surface area contributed by atoms with Crippen LogP contribution in [-0.4, -0.2) is 52.7 Å². The van der Waals surface area contributed by atoms with E-state index in [1.165, 1.54) is 17.8 Å². The third-order valence-corrected chi connectivity index (χ3v) is 5.36. The number of aliphatic hydroxyl groups excluding tert-OH is 1. The smallest absolute Gasteiger partial charge is 0.352 e. The minimum atomic E-state index is -3.86. The van der Waals surface area contributed by atoms with Gasteiger partial charge in [-0.1, -0.05) is 0 Å². The lowest BCUT2D eigenvalue weighted by molar-refractivity contribution is 0.0685. The van der Waals surface area contributed by atoms with E-state index in [-0.39, 0.29) is 17.2 Å². The summed E-state index contributed by atoms with van der Waals surface area (Å²) in [7, 11) is -2.51. The number of carboxylic acid groups (broad SMARTS) is 1. The Hall–Kier alpha value is -1.38. The van der Waals surface area contributed by atoms with Crippen LogP contribution in [0.3, 0.4) is 0 Å². The normalized spacial score (nSPS) is 12.9. The summed E-state index contributed by atoms with van der Waals surface area (Å²) in [6.45, 7) is 4.90. The van der Waals surface area contributed by atoms with Crippen LogP contribution < -0.4 is 0 Å². The van der Waals surface area contributed by atoms with Gasteiger partial charge in [0.1, 0.15) is 10.6 Å². The zero-order chi connectivity index (χ0) is 15.7. The Labute approximate surface area is 118 Å². The van der Waals surface area contributed by atoms with E-state index in [0.717, 1.165) is 10.4 Å². The molecule has 0 spiro atoms. The molecule has 0 aromatic carbocycles. The maximum Gasteiger partial charge on any atom is 0.352 e. The highest BCUT2D eigenvalue weighted by atomic mass is 32.2. The molecule has 1 aromatic heterocycles. The Morgan fingerprint density at radius 3 is 2.35 bits per heavy atom. The van der Waals surface area contributed by atoms with E-state index < -0.39 is 21.5 Å². The van der Waals surface area contributed by atoms with Crippen LogP contribution in [-0.2, 0) is 16.6 Å². The molecule has 114 valence electrons. The highest BCUT2D eigenvalue weighted by molar-refractivity contribution is 7.89. The maximum atomic E-state index is 12.5. The van der Waals surface area contributed by atoms with Crippen molar-refractivity contribution < 1.29 is 23.4 Å². The summed E-state index contributed by atoms with van der Waals surface area (Å²) in [5.41, 5.74) is -1.06. The number of sulfonamides is 1. The second-order valence-corrected chi connectivity index (χ2v) is 7.06. The molecule has 0 aliphatic carbocycles. The first-order valence-electron chi connectivity index (χ1n) is 6.11. The monoisotopic (exact) mass is 304 g/mol. The Morgan fingerprint density at radius 2 is 2.00 bits per heavy atom. The number of aryl methyl sites for hydroxylation is 1. The lowest BCUT2D eigenvalue weighted by Gasteiger charge is -2.32. The topological polar surface area (TPSA) is 99.8 Å². The van der Waals surface area contributed by atoms with E-state index >= 15 is 0 Å². The summed E-state index contributed by atoms with van der Waals surface area (Å²) in [5, 5.41) is 18.3. The minimum Gasteiger partial charge on any atom is -0.477 e. The number of aromatic carboxylic acids is 1. The van der Waals surface area contributed by atoms with Crippen LogP contribution in [0.1, 0.15) is 31.3 Å². The van der Waals surface area contributed by atoms with Gasteiger partial charge in [-0.25, -0.2) is 13.2 Å². The van der Waals surface area contributed by atoms with Crippen LogP contribution >= 0.6 is 0 Å². The number of aliphatic hydroxyl groups is 1. The lowest BCUT2D eigenvalue weighted by Crippen LogP contribution is -2.47. The van der Waals surface area contributed by atoms with Gasteiger partial charge in [-0.05, 0) is 26.8 Å². The molecule has 0 aliphatic heterocycles. The SMILES string of the molecule is CCn1cc(S(=O)(=O)N(C)C(C)(C)CO)cc1C(=O)O. The average Bonchev–Trinajstić information content (AvgIpc) is 2.82. The number of hydrogen-bond acceptors (Lipinski definition) is 4. The summed E-state index contributed by atoms with van der Waals surface area (Å²) in [6.07, 6.45) is 1.29. The zero-order valence-electron chi connectivity index (χ0n) is 12.0. The molecule has 0 saturated heterocycles. The molecule has 1 rings (SSSR count). The first-order valence-corrected chi connectivity index (χ1v) is 7.55. The van der Waals surface area contributed by atoms with Crippen LogP contribution in [0.5, 0.6) is 0 Å². The molecule has 7 nitrogen and oxygen atoms in total. The van der Waals surface area contributed by atoms with Crippen molar-refractivity contribution >= 4 is 16.0 Å². The fourth-order valence-corrected chi connectivity index (χ4v) is 3.19. The van der Waals surface area contributed by atoms with Crippen LogP contribution in [0.25, 0.3) is 0 Å². The summed E-state index contributed by atoms with van der Waals surface area (Å²) in [6, 6.07) is 1.13. The lowest BCUT2D eigenvalue weighted by atomic mass is 10.1. The molecule has 0 saturated carbocycles. The molecule has 0 amide bonds. The second kappa shape index (κ2) is 5.55. The number of carboxylic acids is 1. The van der Waals surface area contributed by atoms with E-state index in [9.17, 15) is 18.3 Å². The molecule has 0 aliphatic rings. The van der Waals surface area contributed by atoms with Gasteiger partial charge in [0.05, 0.1) is 12.1 Å². The standard InChI is InChI=1S/C12H20N2O5S/c1-5-14-7-9(6-10(14)11(16)17)20(18,19)13(4)12(2,3)8-15/h6-7,15H,5,8H2,1-4H3,(H,16,17). The summed E-state index contributed by atoms with van der Waals surface area (Å²) in [4.78, 5) is 11.0. The molecule has 0 unspecified atom stereocenters. The number of carbonyl (C=O) groups is 1. The van der Waals surface area contributed by atoms with Crippen LogP contribution in [0.15, 0.2) is 17.2 Å². The van der Waals surface area contributed by atoms with Gasteiger partial charge in [-0.15, -0.1) is 0 Å². The Bertz CT molecular complexity index is 603. The molecular weight excluding hydrogens is 284 g/mol. The van der Waals surface area contributed by atoms with Gasteiger partial charge in [-0.3, -0.25) is 0 Å². The Balaban J connectivity index is 3.33. The van der Waals surface area contributed by atoms with E-state index in [4.69, 9.17) is 5.11 Å². The van der Waals surface area contributed by atoms with Crippen molar-refractivity contribution in [3.05, 3.63) is 18.0 Å². The first-order chi connectivity index (χ1) is 9.07. The molecular formula is C12H20N2O5S. The van der Waals surface area contributed by atoms with Gasteiger partial charge in [0.15, 0.2) is 0 Å². The molecule has 0 radical (unpaired) electrons. The van der Waals surface area contributed by atoms with Gasteiger partial charge in [-0.2, -0.15) is 4.31 Å². The van der Waals surface area contributed by atoms with Gasteiger partial charge >= 0.3 is 5.97 Å². The molecule has 1 aromatic rings. The van der Waals surface area contributed by atoms with Crippen molar-refractivity contribution in [2.45, 2.75) is 37.8 Å². The van der Waals surface area contributed by atoms with Crippen molar-refractivity contribution in [3.63, 3.8) is 0 Å². The zero-order valence-corrected chi connectivity index (χ0v) is 12.8. The van der Waals surface area contributed by atoms with Gasteiger partial charge in [0.2, 0.25) is 10.0 Å². The number of aromatic nitrogens is 1. The predicted molar refractivity (Wildman–Crippen MR) is 73.2 cm³/mol. The maximum absolute atomic E-state index is 12.5. The van der Waals surface area contributed by atoms with Gasteiger partial charge in [0, 0.05) is 19.8 Å². The first kappa shape index (κ1) is 16.7. The minimum absolute atomic E-state index is 0.0821. The average molecular weight is 304 g/mol. The quantitative estimate of drug-likeness (QED) is 0.801. The summed E-state index contributed by atoms with van der Waals surface area (Å²) < 4.78 is 27.3. The largest absolute Gasteiger partial charge is 0.477 e. The van der Waals surface area contributed by atoms with E-state index in [2.05, 4.69) is 0 Å². The van der Waals surface area contributed by atoms with E-state index in [0.29, 0.717) is 6.54 Å². The highest BCUT2D eigenvalue weighted by Crippen LogP contribution is 2.24. The predicted octanol–water partition coefficient (Wildman–Crippen LogP) is 0.598. The van der Waals surface area contributed by atoms with Crippen LogP contribution in [0.2, 0.25) is 0 Å². The Morgan fingerprint density at radius 1 is 1.45 bits per heavy atom.